The standard InChI is InChI=1S/C21H26N2O3/c1-4-15(2)19(23-20(24)16-10-6-5-7-11-16)21(25)22-14-17-12-8-9-13-18(17)26-3/h5-13,15,19H,4,14H2,1-3H3,(H,22,25)(H,23,24)/t15-,19-/m0/s1. The van der Waals surface area contributed by atoms with Crippen molar-refractivity contribution in [2.45, 2.75) is 32.9 Å². The van der Waals surface area contributed by atoms with Crippen molar-refractivity contribution in [1.29, 1.82) is 0 Å². The first-order chi connectivity index (χ1) is 12.6. The Morgan fingerprint density at radius 2 is 1.69 bits per heavy atom. The topological polar surface area (TPSA) is 67.4 Å². The molecule has 0 unspecified atom stereocenters. The summed E-state index contributed by atoms with van der Waals surface area (Å²) in [6, 6.07) is 15.9. The smallest absolute Gasteiger partial charge is 0.251 e. The highest BCUT2D eigenvalue weighted by atomic mass is 16.5. The lowest BCUT2D eigenvalue weighted by molar-refractivity contribution is -0.124. The average molecular weight is 354 g/mol. The van der Waals surface area contributed by atoms with Gasteiger partial charge in [-0.25, -0.2) is 0 Å². The van der Waals surface area contributed by atoms with E-state index in [0.29, 0.717) is 12.1 Å². The molecule has 5 nitrogen and oxygen atoms in total. The predicted molar refractivity (Wildman–Crippen MR) is 102 cm³/mol. The Kier molecular flexibility index (Phi) is 7.21. The van der Waals surface area contributed by atoms with Crippen LogP contribution in [0.4, 0.5) is 0 Å². The van der Waals surface area contributed by atoms with Gasteiger partial charge in [-0.2, -0.15) is 0 Å². The SMILES string of the molecule is CC[C@H](C)[C@H](NC(=O)c1ccccc1)C(=O)NCc1ccccc1OC. The number of methoxy groups -OCH3 is 1. The molecule has 0 aliphatic carbocycles. The summed E-state index contributed by atoms with van der Waals surface area (Å²) in [4.78, 5) is 25.2. The molecule has 0 radical (unpaired) electrons. The van der Waals surface area contributed by atoms with Gasteiger partial charge in [0.2, 0.25) is 5.91 Å². The highest BCUT2D eigenvalue weighted by molar-refractivity contribution is 5.97. The van der Waals surface area contributed by atoms with E-state index in [9.17, 15) is 9.59 Å². The fourth-order valence-corrected chi connectivity index (χ4v) is 2.66. The van der Waals surface area contributed by atoms with Crippen molar-refractivity contribution in [2.24, 2.45) is 5.92 Å². The third kappa shape index (κ3) is 5.09. The average Bonchev–Trinajstić information content (AvgIpc) is 2.70. The molecule has 2 atom stereocenters. The second-order valence-corrected chi connectivity index (χ2v) is 6.23. The summed E-state index contributed by atoms with van der Waals surface area (Å²) in [5, 5.41) is 5.78. The van der Waals surface area contributed by atoms with Gasteiger partial charge in [-0.15, -0.1) is 0 Å². The summed E-state index contributed by atoms with van der Waals surface area (Å²) in [5.41, 5.74) is 1.43. The van der Waals surface area contributed by atoms with Gasteiger partial charge in [0, 0.05) is 17.7 Å². The Balaban J connectivity index is 2.06. The van der Waals surface area contributed by atoms with Crippen molar-refractivity contribution >= 4 is 11.8 Å². The largest absolute Gasteiger partial charge is 0.496 e. The van der Waals surface area contributed by atoms with Crippen LogP contribution in [0.3, 0.4) is 0 Å². The number of nitrogens with one attached hydrogen (secondary N) is 2. The molecule has 0 aliphatic rings. The maximum absolute atomic E-state index is 12.7. The lowest BCUT2D eigenvalue weighted by Crippen LogP contribution is -2.50. The van der Waals surface area contributed by atoms with Crippen molar-refractivity contribution < 1.29 is 14.3 Å². The highest BCUT2D eigenvalue weighted by Crippen LogP contribution is 2.17. The minimum Gasteiger partial charge on any atom is -0.496 e. The second-order valence-electron chi connectivity index (χ2n) is 6.23. The van der Waals surface area contributed by atoms with Crippen LogP contribution < -0.4 is 15.4 Å². The van der Waals surface area contributed by atoms with Crippen LogP contribution in [0, 0.1) is 5.92 Å². The van der Waals surface area contributed by atoms with E-state index in [0.717, 1.165) is 17.7 Å². The molecule has 2 rings (SSSR count). The van der Waals surface area contributed by atoms with Crippen LogP contribution in [0.2, 0.25) is 0 Å². The van der Waals surface area contributed by atoms with Crippen LogP contribution >= 0.6 is 0 Å². The third-order valence-corrected chi connectivity index (χ3v) is 4.46. The Labute approximate surface area is 154 Å². The molecule has 0 bridgehead atoms. The molecule has 2 aromatic carbocycles. The lowest BCUT2D eigenvalue weighted by atomic mass is 9.97. The van der Waals surface area contributed by atoms with Crippen molar-refractivity contribution in [3.8, 4) is 5.75 Å². The Morgan fingerprint density at radius 3 is 2.35 bits per heavy atom. The van der Waals surface area contributed by atoms with Crippen molar-refractivity contribution in [3.05, 3.63) is 65.7 Å². The number of amides is 2. The molecule has 0 saturated carbocycles. The van der Waals surface area contributed by atoms with E-state index in [2.05, 4.69) is 10.6 Å². The molecule has 2 amide bonds. The van der Waals surface area contributed by atoms with Crippen LogP contribution in [0.5, 0.6) is 5.75 Å². The number of rotatable bonds is 8. The van der Waals surface area contributed by atoms with E-state index in [4.69, 9.17) is 4.74 Å². The minimum absolute atomic E-state index is 0.0142. The number of carbonyl (C=O) groups excluding carboxylic acids is 2. The van der Waals surface area contributed by atoms with Gasteiger partial charge in [0.25, 0.3) is 5.91 Å². The van der Waals surface area contributed by atoms with Crippen molar-refractivity contribution in [3.63, 3.8) is 0 Å². The van der Waals surface area contributed by atoms with Gasteiger partial charge in [0.15, 0.2) is 0 Å². The zero-order valence-electron chi connectivity index (χ0n) is 15.5. The fourth-order valence-electron chi connectivity index (χ4n) is 2.66. The Hall–Kier alpha value is -2.82. The fraction of sp³-hybridized carbons (Fsp3) is 0.333. The molecule has 2 aromatic rings. The Morgan fingerprint density at radius 1 is 1.04 bits per heavy atom. The molecule has 0 saturated heterocycles. The van der Waals surface area contributed by atoms with Gasteiger partial charge in [0.1, 0.15) is 11.8 Å². The molecule has 0 heterocycles. The number of hydrogen-bond donors (Lipinski definition) is 2. The molecule has 0 aliphatic heterocycles. The maximum Gasteiger partial charge on any atom is 0.251 e. The molecular formula is C21H26N2O3. The van der Waals surface area contributed by atoms with E-state index < -0.39 is 6.04 Å². The van der Waals surface area contributed by atoms with E-state index in [1.807, 2.05) is 44.2 Å². The number of carbonyl (C=O) groups is 2. The molecular weight excluding hydrogens is 328 g/mol. The molecule has 5 heteroatoms. The molecule has 0 spiro atoms. The van der Waals surface area contributed by atoms with Gasteiger partial charge in [-0.3, -0.25) is 9.59 Å². The van der Waals surface area contributed by atoms with Crippen LogP contribution in [0.25, 0.3) is 0 Å². The third-order valence-electron chi connectivity index (χ3n) is 4.46. The summed E-state index contributed by atoms with van der Waals surface area (Å²) < 4.78 is 5.31. The van der Waals surface area contributed by atoms with E-state index in [-0.39, 0.29) is 17.7 Å². The van der Waals surface area contributed by atoms with E-state index in [1.165, 1.54) is 0 Å². The Bertz CT molecular complexity index is 731. The molecule has 138 valence electrons. The second kappa shape index (κ2) is 9.61. The first-order valence-corrected chi connectivity index (χ1v) is 8.82. The van der Waals surface area contributed by atoms with Gasteiger partial charge >= 0.3 is 0 Å². The summed E-state index contributed by atoms with van der Waals surface area (Å²) >= 11 is 0. The highest BCUT2D eigenvalue weighted by Gasteiger charge is 2.26. The van der Waals surface area contributed by atoms with Crippen LogP contribution in [-0.2, 0) is 11.3 Å². The molecule has 26 heavy (non-hydrogen) atoms. The van der Waals surface area contributed by atoms with Crippen LogP contribution in [-0.4, -0.2) is 25.0 Å². The summed E-state index contributed by atoms with van der Waals surface area (Å²) in [6.07, 6.45) is 0.780. The summed E-state index contributed by atoms with van der Waals surface area (Å²) in [6.45, 7) is 4.30. The van der Waals surface area contributed by atoms with Gasteiger partial charge < -0.3 is 15.4 Å². The summed E-state index contributed by atoms with van der Waals surface area (Å²) in [5.74, 6) is 0.291. The van der Waals surface area contributed by atoms with Crippen molar-refractivity contribution in [2.75, 3.05) is 7.11 Å². The van der Waals surface area contributed by atoms with Gasteiger partial charge in [0.05, 0.1) is 7.11 Å². The zero-order valence-corrected chi connectivity index (χ0v) is 15.5. The predicted octanol–water partition coefficient (Wildman–Crippen LogP) is 3.16. The van der Waals surface area contributed by atoms with Gasteiger partial charge in [-0.1, -0.05) is 56.7 Å². The minimum atomic E-state index is -0.595. The number of hydrogen-bond acceptors (Lipinski definition) is 3. The first kappa shape index (κ1) is 19.5. The molecule has 0 aromatic heterocycles. The lowest BCUT2D eigenvalue weighted by Gasteiger charge is -2.24. The van der Waals surface area contributed by atoms with Crippen LogP contribution in [0.15, 0.2) is 54.6 Å². The van der Waals surface area contributed by atoms with Crippen molar-refractivity contribution in [1.82, 2.24) is 10.6 Å². The normalized spacial score (nSPS) is 12.7. The molecule has 0 fully saturated rings. The van der Waals surface area contributed by atoms with E-state index >= 15 is 0 Å². The number of para-hydroxylation sites is 1. The molecule has 2 N–H and O–H groups in total. The quantitative estimate of drug-likeness (QED) is 0.765. The zero-order chi connectivity index (χ0) is 18.9. The van der Waals surface area contributed by atoms with E-state index in [1.54, 1.807) is 31.4 Å². The van der Waals surface area contributed by atoms with Gasteiger partial charge in [-0.05, 0) is 24.1 Å². The van der Waals surface area contributed by atoms with Crippen LogP contribution in [0.1, 0.15) is 36.2 Å². The number of ether oxygens (including phenoxy) is 1. The first-order valence-electron chi connectivity index (χ1n) is 8.82. The monoisotopic (exact) mass is 354 g/mol. The maximum atomic E-state index is 12.7. The summed E-state index contributed by atoms with van der Waals surface area (Å²) in [7, 11) is 1.60. The number of benzene rings is 2.